The third-order valence-electron chi connectivity index (χ3n) is 4.94. The third-order valence-corrected chi connectivity index (χ3v) is 4.94. The van der Waals surface area contributed by atoms with E-state index < -0.39 is 0 Å². The molecule has 2 aromatic rings. The van der Waals surface area contributed by atoms with Crippen LogP contribution in [0.25, 0.3) is 0 Å². The molecule has 0 aliphatic heterocycles. The predicted octanol–water partition coefficient (Wildman–Crippen LogP) is 4.41. The Labute approximate surface area is 128 Å². The molecule has 3 rings (SSSR count). The second kappa shape index (κ2) is 5.65. The van der Waals surface area contributed by atoms with Crippen molar-refractivity contribution in [2.24, 2.45) is 0 Å². The van der Waals surface area contributed by atoms with Crippen molar-refractivity contribution in [1.82, 2.24) is 5.32 Å². The number of rotatable bonds is 3. The van der Waals surface area contributed by atoms with Crippen LogP contribution < -0.4 is 5.32 Å². The summed E-state index contributed by atoms with van der Waals surface area (Å²) in [4.78, 5) is 0. The van der Waals surface area contributed by atoms with Gasteiger partial charge in [0, 0.05) is 0 Å². The van der Waals surface area contributed by atoms with Gasteiger partial charge in [0.05, 0.1) is 6.04 Å². The Morgan fingerprint density at radius 1 is 0.857 bits per heavy atom. The fraction of sp³-hybridized carbons (Fsp3) is 0.400. The molecule has 0 radical (unpaired) electrons. The second-order valence-electron chi connectivity index (χ2n) is 6.40. The molecule has 1 aliphatic carbocycles. The van der Waals surface area contributed by atoms with Crippen molar-refractivity contribution in [2.75, 3.05) is 7.05 Å². The van der Waals surface area contributed by atoms with Gasteiger partial charge in [-0.15, -0.1) is 0 Å². The van der Waals surface area contributed by atoms with E-state index in [1.165, 1.54) is 47.1 Å². The van der Waals surface area contributed by atoms with E-state index in [0.717, 1.165) is 0 Å². The lowest BCUT2D eigenvalue weighted by Gasteiger charge is -2.22. The first-order chi connectivity index (χ1) is 10.1. The molecule has 0 spiro atoms. The Kier molecular flexibility index (Phi) is 3.86. The molecule has 1 nitrogen and oxygen atoms in total. The van der Waals surface area contributed by atoms with Crippen LogP contribution >= 0.6 is 0 Å². The summed E-state index contributed by atoms with van der Waals surface area (Å²) in [6.45, 7) is 6.61. The molecule has 21 heavy (non-hydrogen) atoms. The molecular formula is C20H25N. The van der Waals surface area contributed by atoms with Crippen molar-refractivity contribution in [1.29, 1.82) is 0 Å². The lowest BCUT2D eigenvalue weighted by atomic mass is 9.90. The average molecular weight is 279 g/mol. The van der Waals surface area contributed by atoms with Crippen LogP contribution in [-0.2, 0) is 12.8 Å². The van der Waals surface area contributed by atoms with Gasteiger partial charge in [0.25, 0.3) is 0 Å². The van der Waals surface area contributed by atoms with Crippen molar-refractivity contribution in [3.8, 4) is 0 Å². The molecule has 1 N–H and O–H groups in total. The SMILES string of the molecule is CNC(c1ccc2c(c1)CCC2)c1cc(C)c(C)cc1C. The highest BCUT2D eigenvalue weighted by Crippen LogP contribution is 2.30. The van der Waals surface area contributed by atoms with Gasteiger partial charge in [0.2, 0.25) is 0 Å². The summed E-state index contributed by atoms with van der Waals surface area (Å²) >= 11 is 0. The summed E-state index contributed by atoms with van der Waals surface area (Å²) in [6.07, 6.45) is 3.81. The minimum atomic E-state index is 0.287. The lowest BCUT2D eigenvalue weighted by molar-refractivity contribution is 0.685. The number of hydrogen-bond donors (Lipinski definition) is 1. The van der Waals surface area contributed by atoms with Gasteiger partial charge in [-0.1, -0.05) is 30.3 Å². The van der Waals surface area contributed by atoms with Gasteiger partial charge in [-0.2, -0.15) is 0 Å². The van der Waals surface area contributed by atoms with Crippen molar-refractivity contribution in [3.63, 3.8) is 0 Å². The molecule has 0 saturated carbocycles. The minimum absolute atomic E-state index is 0.287. The number of hydrogen-bond acceptors (Lipinski definition) is 1. The van der Waals surface area contributed by atoms with Crippen LogP contribution in [0.2, 0.25) is 0 Å². The topological polar surface area (TPSA) is 12.0 Å². The monoisotopic (exact) mass is 279 g/mol. The Hall–Kier alpha value is -1.60. The normalized spacial score (nSPS) is 15.0. The van der Waals surface area contributed by atoms with Crippen LogP contribution in [0.15, 0.2) is 30.3 Å². The number of aryl methyl sites for hydroxylation is 5. The molecule has 0 bridgehead atoms. The molecule has 2 aromatic carbocycles. The highest BCUT2D eigenvalue weighted by Gasteiger charge is 2.18. The molecule has 0 fully saturated rings. The predicted molar refractivity (Wildman–Crippen MR) is 90.0 cm³/mol. The Bertz CT molecular complexity index is 670. The Balaban J connectivity index is 2.04. The van der Waals surface area contributed by atoms with E-state index in [0.29, 0.717) is 0 Å². The van der Waals surface area contributed by atoms with E-state index in [2.05, 4.69) is 63.5 Å². The van der Waals surface area contributed by atoms with Crippen molar-refractivity contribution < 1.29 is 0 Å². The van der Waals surface area contributed by atoms with Gasteiger partial charge in [0.1, 0.15) is 0 Å². The molecule has 1 heteroatoms. The van der Waals surface area contributed by atoms with Gasteiger partial charge in [0.15, 0.2) is 0 Å². The van der Waals surface area contributed by atoms with Crippen LogP contribution in [0.3, 0.4) is 0 Å². The standard InChI is InChI=1S/C20H25N/c1-13-10-15(3)19(11-14(13)2)20(21-4)18-9-8-16-6-5-7-17(16)12-18/h8-12,20-21H,5-7H2,1-4H3. The molecule has 1 atom stereocenters. The highest BCUT2D eigenvalue weighted by molar-refractivity contribution is 5.45. The Morgan fingerprint density at radius 3 is 2.33 bits per heavy atom. The second-order valence-corrected chi connectivity index (χ2v) is 6.40. The molecular weight excluding hydrogens is 254 g/mol. The zero-order valence-electron chi connectivity index (χ0n) is 13.6. The van der Waals surface area contributed by atoms with E-state index in [1.54, 1.807) is 11.1 Å². The van der Waals surface area contributed by atoms with Crippen molar-refractivity contribution in [3.05, 3.63) is 69.3 Å². The molecule has 110 valence electrons. The number of benzene rings is 2. The van der Waals surface area contributed by atoms with Crippen LogP contribution in [0.4, 0.5) is 0 Å². The van der Waals surface area contributed by atoms with Gasteiger partial charge in [-0.25, -0.2) is 0 Å². The fourth-order valence-electron chi connectivity index (χ4n) is 3.57. The van der Waals surface area contributed by atoms with E-state index in [4.69, 9.17) is 0 Å². The van der Waals surface area contributed by atoms with Crippen LogP contribution in [-0.4, -0.2) is 7.05 Å². The van der Waals surface area contributed by atoms with Gasteiger partial charge in [-0.05, 0) is 86.0 Å². The largest absolute Gasteiger partial charge is 0.309 e. The average Bonchev–Trinajstić information content (AvgIpc) is 2.92. The van der Waals surface area contributed by atoms with Crippen LogP contribution in [0.1, 0.15) is 51.4 Å². The minimum Gasteiger partial charge on any atom is -0.309 e. The van der Waals surface area contributed by atoms with E-state index in [9.17, 15) is 0 Å². The third kappa shape index (κ3) is 2.63. The summed E-state index contributed by atoms with van der Waals surface area (Å²) in [7, 11) is 2.06. The first-order valence-corrected chi connectivity index (χ1v) is 7.97. The summed E-state index contributed by atoms with van der Waals surface area (Å²) in [5.74, 6) is 0. The van der Waals surface area contributed by atoms with Crippen molar-refractivity contribution >= 4 is 0 Å². The molecule has 1 unspecified atom stereocenters. The van der Waals surface area contributed by atoms with Gasteiger partial charge in [-0.3, -0.25) is 0 Å². The van der Waals surface area contributed by atoms with E-state index in [-0.39, 0.29) is 6.04 Å². The summed E-state index contributed by atoms with van der Waals surface area (Å²) in [5.41, 5.74) is 10.0. The maximum atomic E-state index is 3.51. The molecule has 1 aliphatic rings. The maximum Gasteiger partial charge on any atom is 0.0577 e. The molecule has 0 saturated heterocycles. The first kappa shape index (κ1) is 14.3. The summed E-state index contributed by atoms with van der Waals surface area (Å²) in [6, 6.07) is 12.0. The molecule has 0 aromatic heterocycles. The van der Waals surface area contributed by atoms with Gasteiger partial charge < -0.3 is 5.32 Å². The van der Waals surface area contributed by atoms with Gasteiger partial charge >= 0.3 is 0 Å². The van der Waals surface area contributed by atoms with Crippen molar-refractivity contribution in [2.45, 2.75) is 46.1 Å². The number of nitrogens with one attached hydrogen (secondary N) is 1. The van der Waals surface area contributed by atoms with Crippen LogP contribution in [0, 0.1) is 20.8 Å². The van der Waals surface area contributed by atoms with E-state index in [1.807, 2.05) is 0 Å². The lowest BCUT2D eigenvalue weighted by Crippen LogP contribution is -2.19. The Morgan fingerprint density at radius 2 is 1.57 bits per heavy atom. The number of fused-ring (bicyclic) bond motifs is 1. The van der Waals surface area contributed by atoms with E-state index >= 15 is 0 Å². The zero-order valence-corrected chi connectivity index (χ0v) is 13.6. The summed E-state index contributed by atoms with van der Waals surface area (Å²) < 4.78 is 0. The fourth-order valence-corrected chi connectivity index (χ4v) is 3.57. The maximum absolute atomic E-state index is 3.51. The quantitative estimate of drug-likeness (QED) is 0.877. The molecule has 0 heterocycles. The first-order valence-electron chi connectivity index (χ1n) is 7.97. The summed E-state index contributed by atoms with van der Waals surface area (Å²) in [5, 5.41) is 3.51. The zero-order chi connectivity index (χ0) is 15.0. The smallest absolute Gasteiger partial charge is 0.0577 e. The molecule has 0 amide bonds. The highest BCUT2D eigenvalue weighted by atomic mass is 14.9. The van der Waals surface area contributed by atoms with Crippen LogP contribution in [0.5, 0.6) is 0 Å².